The van der Waals surface area contributed by atoms with Crippen molar-refractivity contribution in [3.8, 4) is 11.5 Å². The molecule has 0 radical (unpaired) electrons. The predicted octanol–water partition coefficient (Wildman–Crippen LogP) is 2.06. The van der Waals surface area contributed by atoms with Crippen LogP contribution >= 0.6 is 0 Å². The summed E-state index contributed by atoms with van der Waals surface area (Å²) in [6, 6.07) is 6.89. The summed E-state index contributed by atoms with van der Waals surface area (Å²) in [6.07, 6.45) is 0. The van der Waals surface area contributed by atoms with Crippen LogP contribution in [0.5, 0.6) is 11.5 Å². The zero-order valence-electron chi connectivity index (χ0n) is 12.9. The number of hydrogen-bond donors (Lipinski definition) is 2. The molecule has 0 atom stereocenters. The molecule has 0 aromatic heterocycles. The van der Waals surface area contributed by atoms with Gasteiger partial charge in [-0.2, -0.15) is 0 Å². The first-order chi connectivity index (χ1) is 11.5. The molecule has 0 fully saturated rings. The molecule has 0 heterocycles. The number of benzene rings is 2. The Morgan fingerprint density at radius 2 is 1.54 bits per heavy atom. The molecule has 24 heavy (non-hydrogen) atoms. The first-order valence-electron chi connectivity index (χ1n) is 6.74. The van der Waals surface area contributed by atoms with E-state index in [0.29, 0.717) is 17.6 Å². The van der Waals surface area contributed by atoms with Crippen molar-refractivity contribution in [3.05, 3.63) is 59.2 Å². The van der Waals surface area contributed by atoms with Gasteiger partial charge >= 0.3 is 0 Å². The summed E-state index contributed by atoms with van der Waals surface area (Å²) in [7, 11) is 2.87. The van der Waals surface area contributed by atoms with Crippen LogP contribution in [0.3, 0.4) is 0 Å². The fraction of sp³-hybridized carbons (Fsp3) is 0.125. The van der Waals surface area contributed by atoms with E-state index in [9.17, 15) is 18.4 Å². The number of nitrogens with one attached hydrogen (secondary N) is 2. The minimum absolute atomic E-state index is 0.188. The molecule has 2 amide bonds. The van der Waals surface area contributed by atoms with Gasteiger partial charge in [0.25, 0.3) is 11.8 Å². The molecule has 2 aromatic rings. The average Bonchev–Trinajstić information content (AvgIpc) is 2.58. The lowest BCUT2D eigenvalue weighted by Crippen LogP contribution is -2.42. The molecule has 126 valence electrons. The van der Waals surface area contributed by atoms with Crippen LogP contribution in [0.2, 0.25) is 0 Å². The first-order valence-corrected chi connectivity index (χ1v) is 6.74. The van der Waals surface area contributed by atoms with Gasteiger partial charge in [-0.15, -0.1) is 0 Å². The van der Waals surface area contributed by atoms with Crippen molar-refractivity contribution in [2.24, 2.45) is 0 Å². The third kappa shape index (κ3) is 3.78. The maximum Gasteiger partial charge on any atom is 0.272 e. The minimum atomic E-state index is -1.03. The lowest BCUT2D eigenvalue weighted by Gasteiger charge is -2.11. The standard InChI is InChI=1S/C16H14F2N2O4/c1-23-13-6-3-9(7-14(13)24-2)15(21)19-20-16(22)11-5-4-10(17)8-12(11)18/h3-8H,1-2H3,(H,19,21)(H,20,22). The normalized spacial score (nSPS) is 10.0. The highest BCUT2D eigenvalue weighted by molar-refractivity contribution is 5.99. The second-order valence-electron chi connectivity index (χ2n) is 4.60. The number of rotatable bonds is 4. The Kier molecular flexibility index (Phi) is 5.31. The molecule has 0 aliphatic rings. The molecule has 0 saturated heterocycles. The van der Waals surface area contributed by atoms with Gasteiger partial charge in [0, 0.05) is 11.6 Å². The summed E-state index contributed by atoms with van der Waals surface area (Å²) < 4.78 is 36.4. The van der Waals surface area contributed by atoms with Crippen molar-refractivity contribution in [1.82, 2.24) is 10.9 Å². The molecule has 8 heteroatoms. The van der Waals surface area contributed by atoms with E-state index in [2.05, 4.69) is 10.9 Å². The molecule has 0 unspecified atom stereocenters. The van der Waals surface area contributed by atoms with Crippen LogP contribution < -0.4 is 20.3 Å². The van der Waals surface area contributed by atoms with Crippen LogP contribution in [0.1, 0.15) is 20.7 Å². The van der Waals surface area contributed by atoms with E-state index in [1.165, 1.54) is 32.4 Å². The van der Waals surface area contributed by atoms with E-state index in [-0.39, 0.29) is 5.56 Å². The van der Waals surface area contributed by atoms with E-state index < -0.39 is 29.0 Å². The average molecular weight is 336 g/mol. The van der Waals surface area contributed by atoms with Crippen LogP contribution in [-0.4, -0.2) is 26.0 Å². The topological polar surface area (TPSA) is 76.7 Å². The van der Waals surface area contributed by atoms with Gasteiger partial charge in [0.05, 0.1) is 19.8 Å². The van der Waals surface area contributed by atoms with Gasteiger partial charge in [-0.3, -0.25) is 20.4 Å². The Bertz CT molecular complexity index is 781. The van der Waals surface area contributed by atoms with E-state index in [1.54, 1.807) is 0 Å². The van der Waals surface area contributed by atoms with Gasteiger partial charge in [-0.05, 0) is 30.3 Å². The molecule has 0 aliphatic carbocycles. The fourth-order valence-corrected chi connectivity index (χ4v) is 1.90. The summed E-state index contributed by atoms with van der Waals surface area (Å²) in [5.41, 5.74) is 3.97. The number of carbonyl (C=O) groups is 2. The lowest BCUT2D eigenvalue weighted by molar-refractivity contribution is 0.0844. The van der Waals surface area contributed by atoms with Gasteiger partial charge in [0.2, 0.25) is 0 Å². The summed E-state index contributed by atoms with van der Waals surface area (Å²) in [5, 5.41) is 0. The molecular formula is C16H14F2N2O4. The molecule has 0 saturated carbocycles. The van der Waals surface area contributed by atoms with Crippen LogP contribution in [0.25, 0.3) is 0 Å². The van der Waals surface area contributed by atoms with E-state index in [4.69, 9.17) is 9.47 Å². The van der Waals surface area contributed by atoms with Crippen LogP contribution in [-0.2, 0) is 0 Å². The van der Waals surface area contributed by atoms with Gasteiger partial charge in [-0.1, -0.05) is 0 Å². The summed E-state index contributed by atoms with van der Waals surface area (Å²) >= 11 is 0. The smallest absolute Gasteiger partial charge is 0.272 e. The second kappa shape index (κ2) is 7.40. The Balaban J connectivity index is 2.06. The quantitative estimate of drug-likeness (QED) is 0.838. The van der Waals surface area contributed by atoms with E-state index in [0.717, 1.165) is 12.1 Å². The number of hydrazine groups is 1. The highest BCUT2D eigenvalue weighted by atomic mass is 19.1. The zero-order valence-corrected chi connectivity index (χ0v) is 12.9. The third-order valence-corrected chi connectivity index (χ3v) is 3.11. The molecule has 0 spiro atoms. The number of ether oxygens (including phenoxy) is 2. The van der Waals surface area contributed by atoms with E-state index >= 15 is 0 Å². The van der Waals surface area contributed by atoms with Crippen LogP contribution in [0.15, 0.2) is 36.4 Å². The fourth-order valence-electron chi connectivity index (χ4n) is 1.90. The Labute approximate surface area is 136 Å². The number of methoxy groups -OCH3 is 2. The molecule has 6 nitrogen and oxygen atoms in total. The number of carbonyl (C=O) groups excluding carboxylic acids is 2. The van der Waals surface area contributed by atoms with Crippen LogP contribution in [0.4, 0.5) is 8.78 Å². The Hall–Kier alpha value is -3.16. The van der Waals surface area contributed by atoms with Gasteiger partial charge in [0.1, 0.15) is 11.6 Å². The summed E-state index contributed by atoms with van der Waals surface area (Å²) in [5.74, 6) is -2.63. The Morgan fingerprint density at radius 1 is 0.875 bits per heavy atom. The first kappa shape index (κ1) is 17.2. The highest BCUT2D eigenvalue weighted by Gasteiger charge is 2.15. The second-order valence-corrected chi connectivity index (χ2v) is 4.60. The maximum absolute atomic E-state index is 13.5. The van der Waals surface area contributed by atoms with Crippen LogP contribution in [0, 0.1) is 11.6 Å². The van der Waals surface area contributed by atoms with Crippen molar-refractivity contribution < 1.29 is 27.8 Å². The molecule has 2 aromatic carbocycles. The Morgan fingerprint density at radius 3 is 2.17 bits per heavy atom. The highest BCUT2D eigenvalue weighted by Crippen LogP contribution is 2.27. The number of amides is 2. The lowest BCUT2D eigenvalue weighted by atomic mass is 10.2. The molecule has 2 rings (SSSR count). The summed E-state index contributed by atoms with van der Waals surface area (Å²) in [4.78, 5) is 23.8. The maximum atomic E-state index is 13.5. The van der Waals surface area contributed by atoms with Gasteiger partial charge in [0.15, 0.2) is 11.5 Å². The molecule has 0 bridgehead atoms. The monoisotopic (exact) mass is 336 g/mol. The SMILES string of the molecule is COc1ccc(C(=O)NNC(=O)c2ccc(F)cc2F)cc1OC. The van der Waals surface area contributed by atoms with Gasteiger partial charge in [-0.25, -0.2) is 8.78 Å². The minimum Gasteiger partial charge on any atom is -0.493 e. The number of halogens is 2. The number of hydrogen-bond acceptors (Lipinski definition) is 4. The molecular weight excluding hydrogens is 322 g/mol. The van der Waals surface area contributed by atoms with Crippen molar-refractivity contribution in [2.45, 2.75) is 0 Å². The zero-order chi connectivity index (χ0) is 17.7. The largest absolute Gasteiger partial charge is 0.493 e. The van der Waals surface area contributed by atoms with Crippen molar-refractivity contribution >= 4 is 11.8 Å². The van der Waals surface area contributed by atoms with Crippen molar-refractivity contribution in [3.63, 3.8) is 0 Å². The predicted molar refractivity (Wildman–Crippen MR) is 80.8 cm³/mol. The van der Waals surface area contributed by atoms with Crippen molar-refractivity contribution in [1.29, 1.82) is 0 Å². The van der Waals surface area contributed by atoms with Crippen molar-refractivity contribution in [2.75, 3.05) is 14.2 Å². The molecule has 2 N–H and O–H groups in total. The summed E-state index contributed by atoms with van der Waals surface area (Å²) in [6.45, 7) is 0. The van der Waals surface area contributed by atoms with E-state index in [1.807, 2.05) is 0 Å². The van der Waals surface area contributed by atoms with Gasteiger partial charge < -0.3 is 9.47 Å². The molecule has 0 aliphatic heterocycles. The third-order valence-electron chi connectivity index (χ3n) is 3.11.